The third kappa shape index (κ3) is 2.46. The van der Waals surface area contributed by atoms with Crippen molar-refractivity contribution in [2.45, 2.75) is 12.3 Å². The van der Waals surface area contributed by atoms with Crippen LogP contribution in [0.5, 0.6) is 11.5 Å². The minimum absolute atomic E-state index is 0.343. The summed E-state index contributed by atoms with van der Waals surface area (Å²) in [6.07, 6.45) is 1.05. The summed E-state index contributed by atoms with van der Waals surface area (Å²) in [7, 11) is 3.30. The quantitative estimate of drug-likeness (QED) is 0.789. The van der Waals surface area contributed by atoms with Gasteiger partial charge in [0.25, 0.3) is 0 Å². The van der Waals surface area contributed by atoms with Crippen LogP contribution in [0.3, 0.4) is 0 Å². The lowest BCUT2D eigenvalue weighted by atomic mass is 10.1. The lowest BCUT2D eigenvalue weighted by Crippen LogP contribution is -2.11. The highest BCUT2D eigenvalue weighted by molar-refractivity contribution is 5.69. The van der Waals surface area contributed by atoms with Crippen LogP contribution < -0.4 is 14.8 Å². The smallest absolute Gasteiger partial charge is 0.177 e. The SMILES string of the molecule is COc1ccc(OC)c(-c2ccc3nnc(C4CCNC4)n3n2)c1. The predicted molar refractivity (Wildman–Crippen MR) is 89.5 cm³/mol. The van der Waals surface area contributed by atoms with E-state index in [9.17, 15) is 0 Å². The first-order valence-electron chi connectivity index (χ1n) is 7.95. The zero-order valence-corrected chi connectivity index (χ0v) is 13.7. The van der Waals surface area contributed by atoms with Gasteiger partial charge < -0.3 is 14.8 Å². The molecule has 1 fully saturated rings. The molecule has 24 heavy (non-hydrogen) atoms. The molecular formula is C17H19N5O2. The summed E-state index contributed by atoms with van der Waals surface area (Å²) in [5.74, 6) is 2.75. The Kier molecular flexibility index (Phi) is 3.78. The van der Waals surface area contributed by atoms with E-state index in [1.54, 1.807) is 14.2 Å². The number of hydrogen-bond acceptors (Lipinski definition) is 6. The van der Waals surface area contributed by atoms with Gasteiger partial charge in [-0.2, -0.15) is 9.61 Å². The molecule has 1 aliphatic rings. The molecule has 0 aliphatic carbocycles. The van der Waals surface area contributed by atoms with Crippen molar-refractivity contribution in [1.82, 2.24) is 25.1 Å². The van der Waals surface area contributed by atoms with E-state index in [0.29, 0.717) is 5.92 Å². The van der Waals surface area contributed by atoms with Gasteiger partial charge in [-0.05, 0) is 43.3 Å². The Morgan fingerprint density at radius 1 is 1.12 bits per heavy atom. The number of hydrogen-bond donors (Lipinski definition) is 1. The van der Waals surface area contributed by atoms with E-state index in [1.165, 1.54) is 0 Å². The highest BCUT2D eigenvalue weighted by atomic mass is 16.5. The molecule has 3 heterocycles. The Morgan fingerprint density at radius 3 is 2.79 bits per heavy atom. The fraction of sp³-hybridized carbons (Fsp3) is 0.353. The van der Waals surface area contributed by atoms with Gasteiger partial charge in [-0.25, -0.2) is 0 Å². The van der Waals surface area contributed by atoms with Crippen molar-refractivity contribution in [1.29, 1.82) is 0 Å². The fourth-order valence-electron chi connectivity index (χ4n) is 3.09. The summed E-state index contributed by atoms with van der Waals surface area (Å²) < 4.78 is 12.6. The summed E-state index contributed by atoms with van der Waals surface area (Å²) in [5, 5.41) is 16.7. The maximum Gasteiger partial charge on any atom is 0.177 e. The van der Waals surface area contributed by atoms with Crippen LogP contribution in [0.25, 0.3) is 16.9 Å². The van der Waals surface area contributed by atoms with Gasteiger partial charge in [-0.1, -0.05) is 0 Å². The lowest BCUT2D eigenvalue weighted by Gasteiger charge is -2.11. The van der Waals surface area contributed by atoms with E-state index in [1.807, 2.05) is 34.8 Å². The van der Waals surface area contributed by atoms with Gasteiger partial charge in [0, 0.05) is 18.0 Å². The van der Waals surface area contributed by atoms with Gasteiger partial charge >= 0.3 is 0 Å². The van der Waals surface area contributed by atoms with E-state index in [-0.39, 0.29) is 0 Å². The lowest BCUT2D eigenvalue weighted by molar-refractivity contribution is 0.404. The van der Waals surface area contributed by atoms with Crippen LogP contribution in [0.1, 0.15) is 18.2 Å². The van der Waals surface area contributed by atoms with Gasteiger partial charge in [0.2, 0.25) is 0 Å². The molecule has 0 bridgehead atoms. The van der Waals surface area contributed by atoms with Crippen molar-refractivity contribution < 1.29 is 9.47 Å². The average molecular weight is 325 g/mol. The highest BCUT2D eigenvalue weighted by Crippen LogP contribution is 2.32. The minimum atomic E-state index is 0.343. The van der Waals surface area contributed by atoms with Crippen molar-refractivity contribution in [2.24, 2.45) is 0 Å². The molecule has 7 nitrogen and oxygen atoms in total. The molecule has 0 spiro atoms. The van der Waals surface area contributed by atoms with Crippen LogP contribution in [0.15, 0.2) is 30.3 Å². The van der Waals surface area contributed by atoms with Crippen LogP contribution in [0.4, 0.5) is 0 Å². The number of fused-ring (bicyclic) bond motifs is 1. The molecule has 0 amide bonds. The summed E-state index contributed by atoms with van der Waals surface area (Å²) >= 11 is 0. The first-order valence-corrected chi connectivity index (χ1v) is 7.95. The number of benzene rings is 1. The van der Waals surface area contributed by atoms with Crippen LogP contribution in [-0.4, -0.2) is 47.1 Å². The largest absolute Gasteiger partial charge is 0.497 e. The van der Waals surface area contributed by atoms with E-state index >= 15 is 0 Å². The Labute approximate surface area is 139 Å². The number of rotatable bonds is 4. The molecule has 0 saturated carbocycles. The maximum absolute atomic E-state index is 5.48. The topological polar surface area (TPSA) is 73.6 Å². The van der Waals surface area contributed by atoms with Crippen molar-refractivity contribution in [3.05, 3.63) is 36.2 Å². The Morgan fingerprint density at radius 2 is 2.04 bits per heavy atom. The average Bonchev–Trinajstić information content (AvgIpc) is 3.29. The summed E-state index contributed by atoms with van der Waals surface area (Å²) in [5.41, 5.74) is 2.43. The monoisotopic (exact) mass is 325 g/mol. The second kappa shape index (κ2) is 6.09. The van der Waals surface area contributed by atoms with Crippen molar-refractivity contribution in [3.63, 3.8) is 0 Å². The molecule has 4 rings (SSSR count). The molecule has 1 unspecified atom stereocenters. The van der Waals surface area contributed by atoms with E-state index in [2.05, 4.69) is 15.5 Å². The molecule has 2 aromatic heterocycles. The number of ether oxygens (including phenoxy) is 2. The third-order valence-corrected chi connectivity index (χ3v) is 4.39. The predicted octanol–water partition coefficient (Wildman–Crippen LogP) is 1.89. The third-order valence-electron chi connectivity index (χ3n) is 4.39. The Bertz CT molecular complexity index is 871. The number of nitrogens with one attached hydrogen (secondary N) is 1. The van der Waals surface area contributed by atoms with Crippen molar-refractivity contribution in [2.75, 3.05) is 27.3 Å². The van der Waals surface area contributed by atoms with E-state index in [4.69, 9.17) is 14.6 Å². The fourth-order valence-corrected chi connectivity index (χ4v) is 3.09. The van der Waals surface area contributed by atoms with Crippen molar-refractivity contribution >= 4 is 5.65 Å². The normalized spacial score (nSPS) is 17.3. The van der Waals surface area contributed by atoms with Crippen LogP contribution in [-0.2, 0) is 0 Å². The first-order chi connectivity index (χ1) is 11.8. The molecule has 1 aromatic carbocycles. The van der Waals surface area contributed by atoms with Crippen LogP contribution >= 0.6 is 0 Å². The molecule has 124 valence electrons. The highest BCUT2D eigenvalue weighted by Gasteiger charge is 2.23. The minimum Gasteiger partial charge on any atom is -0.497 e. The van der Waals surface area contributed by atoms with Crippen LogP contribution in [0.2, 0.25) is 0 Å². The number of nitrogens with zero attached hydrogens (tertiary/aromatic N) is 4. The Balaban J connectivity index is 1.84. The Hall–Kier alpha value is -2.67. The summed E-state index contributed by atoms with van der Waals surface area (Å²) in [4.78, 5) is 0. The molecule has 7 heteroatoms. The molecule has 1 saturated heterocycles. The molecule has 1 N–H and O–H groups in total. The second-order valence-corrected chi connectivity index (χ2v) is 5.80. The molecule has 1 aliphatic heterocycles. The summed E-state index contributed by atoms with van der Waals surface area (Å²) in [6, 6.07) is 9.54. The summed E-state index contributed by atoms with van der Waals surface area (Å²) in [6.45, 7) is 1.91. The second-order valence-electron chi connectivity index (χ2n) is 5.80. The van der Waals surface area contributed by atoms with E-state index in [0.717, 1.165) is 53.7 Å². The zero-order valence-electron chi connectivity index (χ0n) is 13.7. The van der Waals surface area contributed by atoms with Gasteiger partial charge in [0.1, 0.15) is 11.5 Å². The van der Waals surface area contributed by atoms with Gasteiger partial charge in [0.05, 0.1) is 19.9 Å². The molecule has 1 atom stereocenters. The van der Waals surface area contributed by atoms with Gasteiger partial charge in [-0.15, -0.1) is 10.2 Å². The van der Waals surface area contributed by atoms with Crippen molar-refractivity contribution in [3.8, 4) is 22.8 Å². The van der Waals surface area contributed by atoms with Gasteiger partial charge in [-0.3, -0.25) is 0 Å². The first kappa shape index (κ1) is 14.9. The number of methoxy groups -OCH3 is 2. The van der Waals surface area contributed by atoms with E-state index < -0.39 is 0 Å². The number of aromatic nitrogens is 4. The van der Waals surface area contributed by atoms with Crippen LogP contribution in [0, 0.1) is 0 Å². The van der Waals surface area contributed by atoms with Gasteiger partial charge in [0.15, 0.2) is 11.5 Å². The molecule has 3 aromatic rings. The zero-order chi connectivity index (χ0) is 16.5. The molecular weight excluding hydrogens is 306 g/mol. The molecule has 0 radical (unpaired) electrons. The standard InChI is InChI=1S/C17H19N5O2/c1-23-12-3-5-15(24-2)13(9-12)14-4-6-16-19-20-17(22(16)21-14)11-7-8-18-10-11/h3-6,9,11,18H,7-8,10H2,1-2H3. The maximum atomic E-state index is 5.48.